The van der Waals surface area contributed by atoms with Gasteiger partial charge in [-0.25, -0.2) is 0 Å². The lowest BCUT2D eigenvalue weighted by Crippen LogP contribution is -2.16. The molecule has 0 aromatic rings. The van der Waals surface area contributed by atoms with Gasteiger partial charge >= 0.3 is 0 Å². The second-order valence-corrected chi connectivity index (χ2v) is 4.75. The summed E-state index contributed by atoms with van der Waals surface area (Å²) in [7, 11) is -3.74. The first kappa shape index (κ1) is 8.01. The monoisotopic (exact) mass is 164 g/mol. The number of hydrogen-bond donors (Lipinski definition) is 1. The average molecular weight is 164 g/mol. The molecule has 0 amide bonds. The molecule has 0 bridgehead atoms. The Morgan fingerprint density at radius 1 is 1.40 bits per heavy atom. The van der Waals surface area contributed by atoms with Gasteiger partial charge in [0.1, 0.15) is 0 Å². The zero-order valence-electron chi connectivity index (χ0n) is 5.95. The third-order valence-electron chi connectivity index (χ3n) is 2.07. The first-order chi connectivity index (χ1) is 4.50. The normalized spacial score (nSPS) is 34.6. The third kappa shape index (κ3) is 1.70. The van der Waals surface area contributed by atoms with Crippen LogP contribution < -0.4 is 0 Å². The highest BCUT2D eigenvalue weighted by Gasteiger charge is 2.30. The van der Waals surface area contributed by atoms with E-state index < -0.39 is 15.4 Å². The maximum atomic E-state index is 10.5. The number of hydrogen-bond acceptors (Lipinski definition) is 2. The van der Waals surface area contributed by atoms with Crippen molar-refractivity contribution in [2.75, 3.05) is 0 Å². The zero-order chi connectivity index (χ0) is 7.78. The van der Waals surface area contributed by atoms with Gasteiger partial charge in [-0.1, -0.05) is 6.92 Å². The quantitative estimate of drug-likeness (QED) is 0.590. The van der Waals surface area contributed by atoms with Gasteiger partial charge in [0, 0.05) is 0 Å². The van der Waals surface area contributed by atoms with Crippen molar-refractivity contribution in [2.24, 2.45) is 5.92 Å². The maximum absolute atomic E-state index is 10.5. The lowest BCUT2D eigenvalue weighted by molar-refractivity contribution is 0.464. The van der Waals surface area contributed by atoms with Crippen LogP contribution in [-0.2, 0) is 10.1 Å². The summed E-state index contributed by atoms with van der Waals surface area (Å²) < 4.78 is 29.7. The molecule has 2 atom stereocenters. The van der Waals surface area contributed by atoms with Gasteiger partial charge < -0.3 is 0 Å². The van der Waals surface area contributed by atoms with E-state index in [1.807, 2.05) is 6.92 Å². The van der Waals surface area contributed by atoms with Crippen LogP contribution in [0, 0.1) is 5.92 Å². The zero-order valence-corrected chi connectivity index (χ0v) is 6.76. The van der Waals surface area contributed by atoms with Crippen LogP contribution in [0.15, 0.2) is 0 Å². The fraction of sp³-hybridized carbons (Fsp3) is 1.00. The van der Waals surface area contributed by atoms with Crippen molar-refractivity contribution >= 4 is 10.1 Å². The van der Waals surface area contributed by atoms with Gasteiger partial charge in [0.2, 0.25) is 0 Å². The molecule has 1 saturated carbocycles. The minimum Gasteiger partial charge on any atom is -0.285 e. The molecular formula is C6H12O3S. The number of rotatable bonds is 1. The van der Waals surface area contributed by atoms with E-state index in [-0.39, 0.29) is 0 Å². The van der Waals surface area contributed by atoms with Crippen molar-refractivity contribution in [3.05, 3.63) is 0 Å². The Morgan fingerprint density at radius 2 is 2.00 bits per heavy atom. The molecule has 0 spiro atoms. The lowest BCUT2D eigenvalue weighted by Gasteiger charge is -2.03. The molecule has 3 nitrogen and oxygen atoms in total. The van der Waals surface area contributed by atoms with Crippen LogP contribution in [0.5, 0.6) is 0 Å². The van der Waals surface area contributed by atoms with Crippen LogP contribution in [0.3, 0.4) is 0 Å². The predicted molar refractivity (Wildman–Crippen MR) is 38.4 cm³/mol. The van der Waals surface area contributed by atoms with Gasteiger partial charge in [-0.3, -0.25) is 4.55 Å². The molecule has 0 saturated heterocycles. The highest BCUT2D eigenvalue weighted by atomic mass is 32.2. The Morgan fingerprint density at radius 3 is 2.20 bits per heavy atom. The average Bonchev–Trinajstić information content (AvgIpc) is 2.11. The van der Waals surface area contributed by atoms with Crippen LogP contribution in [0.2, 0.25) is 0 Å². The van der Waals surface area contributed by atoms with E-state index in [1.54, 1.807) is 0 Å². The summed E-state index contributed by atoms with van der Waals surface area (Å²) in [6, 6.07) is 0. The van der Waals surface area contributed by atoms with Crippen molar-refractivity contribution in [3.63, 3.8) is 0 Å². The summed E-state index contributed by atoms with van der Waals surface area (Å²) in [5.74, 6) is 0.451. The molecule has 0 radical (unpaired) electrons. The van der Waals surface area contributed by atoms with E-state index >= 15 is 0 Å². The van der Waals surface area contributed by atoms with Gasteiger partial charge in [0.05, 0.1) is 5.25 Å². The van der Waals surface area contributed by atoms with Gasteiger partial charge in [-0.2, -0.15) is 8.42 Å². The molecule has 1 fully saturated rings. The van der Waals surface area contributed by atoms with Crippen molar-refractivity contribution in [2.45, 2.75) is 31.4 Å². The molecule has 2 unspecified atom stereocenters. The van der Waals surface area contributed by atoms with E-state index in [2.05, 4.69) is 0 Å². The van der Waals surface area contributed by atoms with Crippen LogP contribution in [0.4, 0.5) is 0 Å². The predicted octanol–water partition coefficient (Wildman–Crippen LogP) is 1.06. The Balaban J connectivity index is 2.62. The first-order valence-corrected chi connectivity index (χ1v) is 4.97. The van der Waals surface area contributed by atoms with E-state index in [4.69, 9.17) is 4.55 Å². The summed E-state index contributed by atoms with van der Waals surface area (Å²) >= 11 is 0. The van der Waals surface area contributed by atoms with Gasteiger partial charge in [-0.15, -0.1) is 0 Å². The van der Waals surface area contributed by atoms with Crippen molar-refractivity contribution in [1.82, 2.24) is 0 Å². The van der Waals surface area contributed by atoms with Crippen LogP contribution in [-0.4, -0.2) is 18.2 Å². The molecule has 1 N–H and O–H groups in total. The van der Waals surface area contributed by atoms with Crippen LogP contribution >= 0.6 is 0 Å². The maximum Gasteiger partial charge on any atom is 0.267 e. The Bertz CT molecular complexity index is 207. The largest absolute Gasteiger partial charge is 0.285 e. The summed E-state index contributed by atoms with van der Waals surface area (Å²) in [5, 5.41) is -0.484. The van der Waals surface area contributed by atoms with Crippen molar-refractivity contribution in [1.29, 1.82) is 0 Å². The molecule has 1 rings (SSSR count). The van der Waals surface area contributed by atoms with Gasteiger partial charge in [-0.05, 0) is 25.2 Å². The van der Waals surface area contributed by atoms with Crippen LogP contribution in [0.1, 0.15) is 26.2 Å². The van der Waals surface area contributed by atoms with E-state index in [9.17, 15) is 8.42 Å². The van der Waals surface area contributed by atoms with Gasteiger partial charge in [0.25, 0.3) is 10.1 Å². The third-order valence-corrected chi connectivity index (χ3v) is 3.34. The smallest absolute Gasteiger partial charge is 0.267 e. The summed E-state index contributed by atoms with van der Waals surface area (Å²) in [6.45, 7) is 2.01. The summed E-state index contributed by atoms with van der Waals surface area (Å²) in [6.07, 6.45) is 2.17. The lowest BCUT2D eigenvalue weighted by atomic mass is 10.1. The highest BCUT2D eigenvalue weighted by Crippen LogP contribution is 2.28. The van der Waals surface area contributed by atoms with E-state index in [0.717, 1.165) is 6.42 Å². The second kappa shape index (κ2) is 2.51. The minimum atomic E-state index is -3.74. The van der Waals surface area contributed by atoms with Crippen molar-refractivity contribution in [3.8, 4) is 0 Å². The molecule has 0 aromatic carbocycles. The van der Waals surface area contributed by atoms with Gasteiger partial charge in [0.15, 0.2) is 0 Å². The second-order valence-electron chi connectivity index (χ2n) is 3.06. The molecule has 1 aliphatic rings. The standard InChI is InChI=1S/C6H12O3S/c1-5-2-3-6(4-5)10(7,8)9/h5-6H,2-4H2,1H3,(H,7,8,9). The molecule has 4 heteroatoms. The first-order valence-electron chi connectivity index (χ1n) is 3.46. The topological polar surface area (TPSA) is 54.4 Å². The molecule has 1 aliphatic carbocycles. The Labute approximate surface area is 61.2 Å². The minimum absolute atomic E-state index is 0.451. The summed E-state index contributed by atoms with van der Waals surface area (Å²) in [4.78, 5) is 0. The summed E-state index contributed by atoms with van der Waals surface area (Å²) in [5.41, 5.74) is 0. The highest BCUT2D eigenvalue weighted by molar-refractivity contribution is 7.86. The Hall–Kier alpha value is -0.0900. The molecular weight excluding hydrogens is 152 g/mol. The SMILES string of the molecule is CC1CCC(S(=O)(=O)O)C1. The Kier molecular flexibility index (Phi) is 2.01. The van der Waals surface area contributed by atoms with E-state index in [0.29, 0.717) is 18.8 Å². The molecule has 0 aliphatic heterocycles. The fourth-order valence-electron chi connectivity index (χ4n) is 1.43. The molecule has 60 valence electrons. The van der Waals surface area contributed by atoms with E-state index in [1.165, 1.54) is 0 Å². The molecule has 0 heterocycles. The van der Waals surface area contributed by atoms with Crippen LogP contribution in [0.25, 0.3) is 0 Å². The van der Waals surface area contributed by atoms with Crippen molar-refractivity contribution < 1.29 is 13.0 Å². The molecule has 0 aromatic heterocycles. The fourth-order valence-corrected chi connectivity index (χ4v) is 2.43. The molecule has 10 heavy (non-hydrogen) atoms.